The third-order valence-electron chi connectivity index (χ3n) is 2.05. The zero-order valence-electron chi connectivity index (χ0n) is 8.26. The van der Waals surface area contributed by atoms with E-state index in [4.69, 9.17) is 0 Å². The van der Waals surface area contributed by atoms with Gasteiger partial charge in [0.2, 0.25) is 6.08 Å². The number of rotatable bonds is 8. The molecule has 3 heteroatoms. The van der Waals surface area contributed by atoms with Gasteiger partial charge in [0, 0.05) is 4.43 Å². The molecule has 0 aliphatic heterocycles. The van der Waals surface area contributed by atoms with Crippen molar-refractivity contribution in [3.8, 4) is 0 Å². The summed E-state index contributed by atoms with van der Waals surface area (Å²) in [7, 11) is 0. The number of isocyanates is 1. The molecule has 1 atom stereocenters. The van der Waals surface area contributed by atoms with Crippen LogP contribution in [0.1, 0.15) is 45.4 Å². The monoisotopic (exact) mass is 295 g/mol. The number of aliphatic imine (C=N–C) groups is 1. The van der Waals surface area contributed by atoms with Crippen molar-refractivity contribution in [2.75, 3.05) is 4.43 Å². The number of alkyl halides is 1. The van der Waals surface area contributed by atoms with E-state index in [0.29, 0.717) is 0 Å². The van der Waals surface area contributed by atoms with Crippen LogP contribution in [0.25, 0.3) is 0 Å². The summed E-state index contributed by atoms with van der Waals surface area (Å²) in [5.41, 5.74) is 0. The predicted molar refractivity (Wildman–Crippen MR) is 64.2 cm³/mol. The van der Waals surface area contributed by atoms with Gasteiger partial charge in [-0.05, 0) is 6.42 Å². The van der Waals surface area contributed by atoms with Crippen LogP contribution in [-0.2, 0) is 4.79 Å². The Morgan fingerprint density at radius 2 is 2.00 bits per heavy atom. The van der Waals surface area contributed by atoms with Gasteiger partial charge >= 0.3 is 0 Å². The van der Waals surface area contributed by atoms with Gasteiger partial charge in [0.05, 0.1) is 6.04 Å². The van der Waals surface area contributed by atoms with Crippen LogP contribution < -0.4 is 0 Å². The van der Waals surface area contributed by atoms with Crippen LogP contribution in [0.15, 0.2) is 4.99 Å². The maximum absolute atomic E-state index is 10.0. The Balaban J connectivity index is 3.33. The Morgan fingerprint density at radius 1 is 1.31 bits per heavy atom. The number of hydrogen-bond donors (Lipinski definition) is 0. The van der Waals surface area contributed by atoms with E-state index in [9.17, 15) is 4.79 Å². The smallest absolute Gasteiger partial charge is 0.211 e. The largest absolute Gasteiger partial charge is 0.235 e. The average Bonchev–Trinajstić information content (AvgIpc) is 2.16. The second kappa shape index (κ2) is 10.2. The van der Waals surface area contributed by atoms with Crippen molar-refractivity contribution in [2.45, 2.75) is 51.5 Å². The molecular weight excluding hydrogens is 277 g/mol. The highest BCUT2D eigenvalue weighted by Crippen LogP contribution is 2.10. The SMILES string of the molecule is CCCCCCCC(CI)N=C=O. The molecule has 76 valence electrons. The van der Waals surface area contributed by atoms with Crippen molar-refractivity contribution >= 4 is 28.7 Å². The van der Waals surface area contributed by atoms with Crippen LogP contribution in [-0.4, -0.2) is 16.5 Å². The van der Waals surface area contributed by atoms with Crippen LogP contribution >= 0.6 is 22.6 Å². The number of hydrogen-bond acceptors (Lipinski definition) is 2. The van der Waals surface area contributed by atoms with Gasteiger partial charge < -0.3 is 0 Å². The summed E-state index contributed by atoms with van der Waals surface area (Å²) in [6.07, 6.45) is 9.07. The van der Waals surface area contributed by atoms with E-state index >= 15 is 0 Å². The highest BCUT2D eigenvalue weighted by molar-refractivity contribution is 14.1. The zero-order valence-corrected chi connectivity index (χ0v) is 10.4. The summed E-state index contributed by atoms with van der Waals surface area (Å²) in [5.74, 6) is 0. The third kappa shape index (κ3) is 8.44. The molecule has 2 nitrogen and oxygen atoms in total. The van der Waals surface area contributed by atoms with Crippen LogP contribution in [0, 0.1) is 0 Å². The van der Waals surface area contributed by atoms with Gasteiger partial charge in [0.25, 0.3) is 0 Å². The summed E-state index contributed by atoms with van der Waals surface area (Å²) < 4.78 is 0.931. The lowest BCUT2D eigenvalue weighted by atomic mass is 10.1. The normalized spacial score (nSPS) is 12.2. The summed E-state index contributed by atoms with van der Waals surface area (Å²) >= 11 is 2.27. The molecule has 0 aromatic carbocycles. The maximum Gasteiger partial charge on any atom is 0.235 e. The Bertz CT molecular complexity index is 155. The Morgan fingerprint density at radius 3 is 2.54 bits per heavy atom. The minimum absolute atomic E-state index is 0.208. The maximum atomic E-state index is 10.0. The quantitative estimate of drug-likeness (QED) is 0.222. The van der Waals surface area contributed by atoms with E-state index in [-0.39, 0.29) is 6.04 Å². The van der Waals surface area contributed by atoms with E-state index < -0.39 is 0 Å². The fourth-order valence-corrected chi connectivity index (χ4v) is 1.87. The van der Waals surface area contributed by atoms with Gasteiger partial charge in [-0.15, -0.1) is 0 Å². The minimum atomic E-state index is 0.208. The molecular formula is C10H18INO. The van der Waals surface area contributed by atoms with Crippen LogP contribution in [0.4, 0.5) is 0 Å². The first-order valence-corrected chi connectivity index (χ1v) is 6.50. The number of unbranched alkanes of at least 4 members (excludes halogenated alkanes) is 4. The molecule has 0 rings (SSSR count). The first kappa shape index (κ1) is 13.1. The molecule has 0 bridgehead atoms. The van der Waals surface area contributed by atoms with Gasteiger partial charge in [0.15, 0.2) is 0 Å². The lowest BCUT2D eigenvalue weighted by Crippen LogP contribution is -2.04. The van der Waals surface area contributed by atoms with Crippen LogP contribution in [0.5, 0.6) is 0 Å². The molecule has 0 N–H and O–H groups in total. The first-order valence-electron chi connectivity index (χ1n) is 4.98. The summed E-state index contributed by atoms with van der Waals surface area (Å²) in [6.45, 7) is 2.21. The molecule has 0 fully saturated rings. The molecule has 13 heavy (non-hydrogen) atoms. The molecule has 0 radical (unpaired) electrons. The van der Waals surface area contributed by atoms with Gasteiger partial charge in [0.1, 0.15) is 0 Å². The molecule has 0 saturated heterocycles. The number of carbonyl (C=O) groups excluding carboxylic acids is 1. The van der Waals surface area contributed by atoms with Gasteiger partial charge in [-0.3, -0.25) is 0 Å². The van der Waals surface area contributed by atoms with E-state index in [2.05, 4.69) is 34.5 Å². The summed E-state index contributed by atoms with van der Waals surface area (Å²) in [6, 6.07) is 0.208. The fourth-order valence-electron chi connectivity index (χ4n) is 1.23. The Hall–Kier alpha value is 0.110. The standard InChI is InChI=1S/C10H18INO/c1-2-3-4-5-6-7-10(8-11)12-9-13/h10H,2-8H2,1H3. The molecule has 0 heterocycles. The topological polar surface area (TPSA) is 29.4 Å². The number of nitrogens with zero attached hydrogens (tertiary/aromatic N) is 1. The molecule has 0 aliphatic rings. The molecule has 0 spiro atoms. The van der Waals surface area contributed by atoms with Crippen molar-refractivity contribution in [3.05, 3.63) is 0 Å². The summed E-state index contributed by atoms with van der Waals surface area (Å²) in [4.78, 5) is 13.8. The second-order valence-electron chi connectivity index (χ2n) is 3.23. The lowest BCUT2D eigenvalue weighted by molar-refractivity contribution is 0.544. The van der Waals surface area contributed by atoms with Gasteiger partial charge in [-0.2, -0.15) is 0 Å². The molecule has 0 aliphatic carbocycles. The zero-order chi connectivity index (χ0) is 9.94. The first-order chi connectivity index (χ1) is 6.35. The lowest BCUT2D eigenvalue weighted by Gasteiger charge is -2.05. The molecule has 0 aromatic heterocycles. The summed E-state index contributed by atoms with van der Waals surface area (Å²) in [5, 5.41) is 0. The van der Waals surface area contributed by atoms with Gasteiger partial charge in [-0.1, -0.05) is 61.6 Å². The Kier molecular flexibility index (Phi) is 10.3. The van der Waals surface area contributed by atoms with Crippen molar-refractivity contribution in [1.29, 1.82) is 0 Å². The van der Waals surface area contributed by atoms with E-state index in [1.54, 1.807) is 6.08 Å². The number of halogens is 1. The highest BCUT2D eigenvalue weighted by Gasteiger charge is 2.03. The van der Waals surface area contributed by atoms with Crippen molar-refractivity contribution in [1.82, 2.24) is 0 Å². The molecule has 0 saturated carbocycles. The Labute approximate surface area is 94.3 Å². The van der Waals surface area contributed by atoms with Crippen molar-refractivity contribution < 1.29 is 4.79 Å². The van der Waals surface area contributed by atoms with Crippen molar-refractivity contribution in [2.24, 2.45) is 4.99 Å². The van der Waals surface area contributed by atoms with E-state index in [1.807, 2.05) is 0 Å². The fraction of sp³-hybridized carbons (Fsp3) is 0.900. The van der Waals surface area contributed by atoms with Crippen LogP contribution in [0.2, 0.25) is 0 Å². The molecule has 0 amide bonds. The predicted octanol–water partition coefficient (Wildman–Crippen LogP) is 3.49. The molecule has 1 unspecified atom stereocenters. The molecule has 0 aromatic rings. The van der Waals surface area contributed by atoms with E-state index in [0.717, 1.165) is 10.8 Å². The third-order valence-corrected chi connectivity index (χ3v) is 3.07. The van der Waals surface area contributed by atoms with E-state index in [1.165, 1.54) is 32.1 Å². The second-order valence-corrected chi connectivity index (χ2v) is 4.11. The van der Waals surface area contributed by atoms with Crippen molar-refractivity contribution in [3.63, 3.8) is 0 Å². The van der Waals surface area contributed by atoms with Crippen LogP contribution in [0.3, 0.4) is 0 Å². The average molecular weight is 295 g/mol. The highest BCUT2D eigenvalue weighted by atomic mass is 127. The van der Waals surface area contributed by atoms with Gasteiger partial charge in [-0.25, -0.2) is 9.79 Å². The minimum Gasteiger partial charge on any atom is -0.211 e.